The molecule has 0 bridgehead atoms. The smallest absolute Gasteiger partial charge is 0.238 e. The van der Waals surface area contributed by atoms with Gasteiger partial charge in [-0.3, -0.25) is 0 Å². The Morgan fingerprint density at radius 2 is 0.935 bits per heavy atom. The zero-order valence-corrected chi connectivity index (χ0v) is 42.3. The van der Waals surface area contributed by atoms with E-state index in [4.69, 9.17) is 46.2 Å². The van der Waals surface area contributed by atoms with Crippen LogP contribution in [0.3, 0.4) is 0 Å². The van der Waals surface area contributed by atoms with Crippen LogP contribution < -0.4 is 20.3 Å². The average molecular weight is 1150 g/mol. The van der Waals surface area contributed by atoms with E-state index in [0.29, 0.717) is 48.8 Å². The lowest BCUT2D eigenvalue weighted by molar-refractivity contribution is 0.263. The Bertz CT molecular complexity index is 2210. The molecule has 3 atom stereocenters. The van der Waals surface area contributed by atoms with Gasteiger partial charge in [-0.05, 0) is 159 Å². The number of anilines is 1. The fourth-order valence-electron chi connectivity index (χ4n) is 5.64. The van der Waals surface area contributed by atoms with Crippen molar-refractivity contribution in [2.24, 2.45) is 5.14 Å². The van der Waals surface area contributed by atoms with Gasteiger partial charge >= 0.3 is 0 Å². The van der Waals surface area contributed by atoms with Gasteiger partial charge in [0.15, 0.2) is 0 Å². The molecule has 3 unspecified atom stereocenters. The van der Waals surface area contributed by atoms with Crippen molar-refractivity contribution >= 4 is 91.0 Å². The Morgan fingerprint density at radius 3 is 1.21 bits per heavy atom. The minimum absolute atomic E-state index is 0.0756. The molecule has 3 aliphatic heterocycles. The van der Waals surface area contributed by atoms with Crippen LogP contribution in [0.5, 0.6) is 23.0 Å². The van der Waals surface area contributed by atoms with E-state index >= 15 is 0 Å². The standard InChI is InChI=1S/C21H24O4.C15H12Br4O2.C6H8N2O2S.C3H5ClO/c1-21(2,15-3-7-17(8-4-15)22-11-19-13-24-19)16-5-9-18(10-6-16)23-12-20-14-25-20;1-15(2,7-3-9(16)13(20)10(17)4-7)8-5-11(18)14(21)12(19)6-8;7-5-1-3-6(4-2-5)11(8,9)10;4-1-3-2-5-3/h3-10,19-20H,11-14H2,1-2H3;3-6,20-21H,1-2H3;1-4H,7H2,(H2,8,9,10);3H,1-2H2. The van der Waals surface area contributed by atoms with Gasteiger partial charge in [0.25, 0.3) is 0 Å². The number of hydrogen-bond donors (Lipinski definition) is 4. The molecule has 5 aromatic rings. The van der Waals surface area contributed by atoms with Crippen LogP contribution >= 0.6 is 75.3 Å². The highest BCUT2D eigenvalue weighted by Crippen LogP contribution is 2.43. The molecule has 0 saturated carbocycles. The highest BCUT2D eigenvalue weighted by molar-refractivity contribution is 9.11. The first-order valence-electron chi connectivity index (χ1n) is 19.3. The maximum absolute atomic E-state index is 10.7. The number of alkyl halides is 1. The molecule has 3 saturated heterocycles. The van der Waals surface area contributed by atoms with Crippen LogP contribution in [0, 0.1) is 0 Å². The van der Waals surface area contributed by atoms with Crippen molar-refractivity contribution in [1.29, 1.82) is 0 Å². The first kappa shape index (κ1) is 50.1. The Labute approximate surface area is 402 Å². The number of benzene rings is 5. The van der Waals surface area contributed by atoms with Gasteiger partial charge in [0.2, 0.25) is 10.0 Å². The number of hydrogen-bond acceptors (Lipinski definition) is 10. The minimum Gasteiger partial charge on any atom is -0.506 e. The van der Waals surface area contributed by atoms with E-state index in [1.165, 1.54) is 35.4 Å². The third kappa shape index (κ3) is 14.8. The van der Waals surface area contributed by atoms with Crippen LogP contribution in [-0.2, 0) is 35.1 Å². The fraction of sp³-hybridized carbons (Fsp3) is 0.333. The molecule has 3 heterocycles. The van der Waals surface area contributed by atoms with E-state index in [2.05, 4.69) is 116 Å². The Balaban J connectivity index is 0.000000176. The van der Waals surface area contributed by atoms with E-state index in [1.807, 2.05) is 48.5 Å². The van der Waals surface area contributed by atoms with Crippen molar-refractivity contribution in [1.82, 2.24) is 0 Å². The number of phenols is 2. The van der Waals surface area contributed by atoms with Crippen molar-refractivity contribution in [3.05, 3.63) is 137 Å². The summed E-state index contributed by atoms with van der Waals surface area (Å²) in [4.78, 5) is 0.0756. The summed E-state index contributed by atoms with van der Waals surface area (Å²) in [5, 5.41) is 24.5. The number of aromatic hydroxyl groups is 2. The van der Waals surface area contributed by atoms with E-state index < -0.39 is 10.0 Å². The molecule has 5 aromatic carbocycles. The summed E-state index contributed by atoms with van der Waals surface area (Å²) >= 11 is 18.7. The van der Waals surface area contributed by atoms with Crippen LogP contribution in [-0.4, -0.2) is 75.9 Å². The molecule has 0 aromatic heterocycles. The Hall–Kier alpha value is -2.90. The first-order valence-corrected chi connectivity index (χ1v) is 24.6. The van der Waals surface area contributed by atoms with Crippen LogP contribution in [0.2, 0.25) is 0 Å². The zero-order chi connectivity index (χ0) is 45.4. The maximum atomic E-state index is 10.7. The van der Waals surface area contributed by atoms with Gasteiger partial charge in [-0.15, -0.1) is 11.6 Å². The number of halogens is 5. The number of epoxide rings is 3. The molecule has 334 valence electrons. The third-order valence-electron chi connectivity index (χ3n) is 10.1. The van der Waals surface area contributed by atoms with Gasteiger partial charge in [-0.2, -0.15) is 0 Å². The van der Waals surface area contributed by atoms with E-state index in [-0.39, 0.29) is 39.4 Å². The molecule has 3 fully saturated rings. The topological polar surface area (TPSA) is 183 Å². The molecule has 8 rings (SSSR count). The van der Waals surface area contributed by atoms with Crippen LogP contribution in [0.1, 0.15) is 49.9 Å². The summed E-state index contributed by atoms with van der Waals surface area (Å²) in [5.74, 6) is 2.81. The number of primary sulfonamides is 1. The molecule has 0 spiro atoms. The second-order valence-corrected chi connectivity index (χ2v) is 20.9. The first-order chi connectivity index (χ1) is 29.2. The number of ether oxygens (including phenoxy) is 5. The van der Waals surface area contributed by atoms with Gasteiger partial charge in [0, 0.05) is 16.5 Å². The lowest BCUT2D eigenvalue weighted by atomic mass is 9.78. The number of nitrogen functional groups attached to an aromatic ring is 1. The van der Waals surface area contributed by atoms with Crippen LogP contribution in [0.15, 0.2) is 120 Å². The summed E-state index contributed by atoms with van der Waals surface area (Å²) < 4.78 is 50.4. The van der Waals surface area contributed by atoms with Gasteiger partial charge in [0.05, 0.1) is 54.6 Å². The Morgan fingerprint density at radius 1 is 0.613 bits per heavy atom. The summed E-state index contributed by atoms with van der Waals surface area (Å²) in [6, 6.07) is 30.0. The molecule has 0 amide bonds. The molecule has 11 nitrogen and oxygen atoms in total. The summed E-state index contributed by atoms with van der Waals surface area (Å²) in [7, 11) is -3.58. The predicted octanol–water partition coefficient (Wildman–Crippen LogP) is 10.6. The zero-order valence-electron chi connectivity index (χ0n) is 34.4. The molecule has 0 aliphatic carbocycles. The Kier molecular flexibility index (Phi) is 17.7. The lowest BCUT2D eigenvalue weighted by Gasteiger charge is -2.27. The normalized spacial score (nSPS) is 17.5. The summed E-state index contributed by atoms with van der Waals surface area (Å²) in [6.07, 6.45) is 0.961. The summed E-state index contributed by atoms with van der Waals surface area (Å²) in [5.41, 5.74) is 10.0. The van der Waals surface area contributed by atoms with Gasteiger partial charge < -0.3 is 39.6 Å². The SMILES string of the molecule is CC(C)(c1cc(Br)c(O)c(Br)c1)c1cc(Br)c(O)c(Br)c1.CC(C)(c1ccc(OCC2CO2)cc1)c1ccc(OCC2CO2)cc1.ClCC1CO1.Nc1ccc(S(N)(=O)=O)cc1. The highest BCUT2D eigenvalue weighted by Gasteiger charge is 2.28. The number of rotatable bonds is 12. The van der Waals surface area contributed by atoms with Crippen LogP contribution in [0.4, 0.5) is 5.69 Å². The van der Waals surface area contributed by atoms with E-state index in [0.717, 1.165) is 42.4 Å². The van der Waals surface area contributed by atoms with Crippen molar-refractivity contribution in [3.63, 3.8) is 0 Å². The molecule has 6 N–H and O–H groups in total. The van der Waals surface area contributed by atoms with Gasteiger partial charge in [-0.25, -0.2) is 13.6 Å². The molecule has 0 radical (unpaired) electrons. The third-order valence-corrected chi connectivity index (χ3v) is 13.8. The number of phenolic OH excluding ortho intramolecular Hbond substituents is 2. The average Bonchev–Trinajstić information content (AvgIpc) is 4.08. The second-order valence-electron chi connectivity index (χ2n) is 15.6. The van der Waals surface area contributed by atoms with E-state index in [1.54, 1.807) is 0 Å². The van der Waals surface area contributed by atoms with Crippen molar-refractivity contribution in [2.75, 3.05) is 44.6 Å². The number of nitrogens with two attached hydrogens (primary N) is 2. The van der Waals surface area contributed by atoms with Crippen molar-refractivity contribution in [3.8, 4) is 23.0 Å². The predicted molar refractivity (Wildman–Crippen MR) is 257 cm³/mol. The number of sulfonamides is 1. The molecule has 3 aliphatic rings. The van der Waals surface area contributed by atoms with Crippen molar-refractivity contribution < 1.29 is 42.3 Å². The van der Waals surface area contributed by atoms with E-state index in [9.17, 15) is 18.6 Å². The summed E-state index contributed by atoms with van der Waals surface area (Å²) in [6.45, 7) is 12.4. The molecule has 62 heavy (non-hydrogen) atoms. The van der Waals surface area contributed by atoms with Crippen molar-refractivity contribution in [2.45, 2.75) is 61.7 Å². The maximum Gasteiger partial charge on any atom is 0.238 e. The highest BCUT2D eigenvalue weighted by atomic mass is 79.9. The van der Waals surface area contributed by atoms with Gasteiger partial charge in [-0.1, -0.05) is 52.0 Å². The lowest BCUT2D eigenvalue weighted by Crippen LogP contribution is -2.19. The second kappa shape index (κ2) is 21.9. The minimum atomic E-state index is -3.58. The monoisotopic (exact) mass is 1140 g/mol. The molecular weight excluding hydrogens is 1100 g/mol. The fourth-order valence-corrected chi connectivity index (χ4v) is 8.71. The quantitative estimate of drug-likeness (QED) is 0.0533. The van der Waals surface area contributed by atoms with Gasteiger partial charge in [0.1, 0.15) is 48.4 Å². The van der Waals surface area contributed by atoms with Crippen LogP contribution in [0.25, 0.3) is 0 Å². The molecule has 17 heteroatoms. The molecular formula is C45H49Br4ClN2O9S. The largest absolute Gasteiger partial charge is 0.506 e.